The molecule has 0 saturated carbocycles. The van der Waals surface area contributed by atoms with Crippen molar-refractivity contribution in [2.45, 2.75) is 32.5 Å². The molecule has 1 N–H and O–H groups in total. The first-order valence-electron chi connectivity index (χ1n) is 8.59. The van der Waals surface area contributed by atoms with E-state index in [1.807, 2.05) is 0 Å². The molecular formula is C17H24F3N3O3. The van der Waals surface area contributed by atoms with Gasteiger partial charge in [0.1, 0.15) is 6.04 Å². The number of nitrogens with zero attached hydrogens (tertiary/aromatic N) is 2. The number of amides is 2. The smallest absolute Gasteiger partial charge is 0.401 e. The van der Waals surface area contributed by atoms with Crippen molar-refractivity contribution in [2.24, 2.45) is 5.92 Å². The second kappa shape index (κ2) is 8.57. The normalized spacial score (nSPS) is 17.8. The van der Waals surface area contributed by atoms with Gasteiger partial charge in [-0.2, -0.15) is 13.2 Å². The van der Waals surface area contributed by atoms with E-state index < -0.39 is 24.7 Å². The molecule has 146 valence electrons. The Kier molecular flexibility index (Phi) is 6.69. The Balaban J connectivity index is 1.99. The number of carbonyl (C=O) groups excluding carboxylic acids is 2. The van der Waals surface area contributed by atoms with E-state index in [0.29, 0.717) is 13.0 Å². The predicted molar refractivity (Wildman–Crippen MR) is 88.5 cm³/mol. The largest absolute Gasteiger partial charge is 0.459 e. The van der Waals surface area contributed by atoms with Crippen molar-refractivity contribution in [3.8, 4) is 0 Å². The molecular weight excluding hydrogens is 351 g/mol. The number of furan rings is 1. The molecule has 1 unspecified atom stereocenters. The van der Waals surface area contributed by atoms with Crippen molar-refractivity contribution < 1.29 is 27.2 Å². The van der Waals surface area contributed by atoms with E-state index in [2.05, 4.69) is 5.32 Å². The van der Waals surface area contributed by atoms with Gasteiger partial charge in [-0.05, 0) is 24.5 Å². The summed E-state index contributed by atoms with van der Waals surface area (Å²) in [6.07, 6.45) is -2.43. The van der Waals surface area contributed by atoms with E-state index in [1.165, 1.54) is 22.1 Å². The van der Waals surface area contributed by atoms with Crippen LogP contribution in [0.1, 0.15) is 30.8 Å². The first kappa shape index (κ1) is 20.3. The molecule has 1 atom stereocenters. The van der Waals surface area contributed by atoms with Crippen LogP contribution in [0.15, 0.2) is 22.8 Å². The van der Waals surface area contributed by atoms with Crippen LogP contribution >= 0.6 is 0 Å². The maximum Gasteiger partial charge on any atom is 0.401 e. The monoisotopic (exact) mass is 375 g/mol. The van der Waals surface area contributed by atoms with Crippen LogP contribution in [-0.4, -0.2) is 66.6 Å². The lowest BCUT2D eigenvalue weighted by atomic mass is 10.0. The van der Waals surface area contributed by atoms with Crippen LogP contribution in [0.3, 0.4) is 0 Å². The second-order valence-electron chi connectivity index (χ2n) is 6.74. The number of hydrogen-bond acceptors (Lipinski definition) is 4. The van der Waals surface area contributed by atoms with Gasteiger partial charge in [0.15, 0.2) is 5.76 Å². The first-order chi connectivity index (χ1) is 12.2. The fraction of sp³-hybridized carbons (Fsp3) is 0.647. The molecule has 0 spiro atoms. The Bertz CT molecular complexity index is 602. The molecule has 0 aliphatic carbocycles. The van der Waals surface area contributed by atoms with E-state index in [-0.39, 0.29) is 37.2 Å². The summed E-state index contributed by atoms with van der Waals surface area (Å²) in [5, 5.41) is 2.67. The zero-order valence-corrected chi connectivity index (χ0v) is 14.9. The lowest BCUT2D eigenvalue weighted by Crippen LogP contribution is -2.52. The summed E-state index contributed by atoms with van der Waals surface area (Å²) >= 11 is 0. The topological polar surface area (TPSA) is 65.8 Å². The molecule has 2 amide bonds. The SMILES string of the molecule is CC(C)C(NC(=O)c1ccco1)C(=O)N1CCCN(CC(F)(F)F)CC1. The van der Waals surface area contributed by atoms with E-state index in [1.54, 1.807) is 19.9 Å². The highest BCUT2D eigenvalue weighted by Crippen LogP contribution is 2.18. The predicted octanol–water partition coefficient (Wildman–Crippen LogP) is 2.13. The molecule has 1 saturated heterocycles. The van der Waals surface area contributed by atoms with Crippen LogP contribution in [0.2, 0.25) is 0 Å². The van der Waals surface area contributed by atoms with Crippen LogP contribution in [0.4, 0.5) is 13.2 Å². The van der Waals surface area contributed by atoms with Crippen molar-refractivity contribution in [2.75, 3.05) is 32.7 Å². The Morgan fingerprint density at radius 1 is 1.23 bits per heavy atom. The van der Waals surface area contributed by atoms with Gasteiger partial charge in [-0.3, -0.25) is 14.5 Å². The Morgan fingerprint density at radius 2 is 1.96 bits per heavy atom. The van der Waals surface area contributed by atoms with Gasteiger partial charge in [0.2, 0.25) is 5.91 Å². The van der Waals surface area contributed by atoms with Crippen LogP contribution in [0.25, 0.3) is 0 Å². The van der Waals surface area contributed by atoms with Gasteiger partial charge in [0.05, 0.1) is 12.8 Å². The third-order valence-corrected chi connectivity index (χ3v) is 4.27. The molecule has 2 rings (SSSR count). The highest BCUT2D eigenvalue weighted by Gasteiger charge is 2.34. The first-order valence-corrected chi connectivity index (χ1v) is 8.59. The summed E-state index contributed by atoms with van der Waals surface area (Å²) in [6.45, 7) is 3.65. The zero-order chi connectivity index (χ0) is 19.3. The van der Waals surface area contributed by atoms with Gasteiger partial charge in [-0.15, -0.1) is 0 Å². The lowest BCUT2D eigenvalue weighted by Gasteiger charge is -2.29. The maximum atomic E-state index is 12.8. The molecule has 1 aliphatic heterocycles. The van der Waals surface area contributed by atoms with Gasteiger partial charge in [-0.1, -0.05) is 13.8 Å². The van der Waals surface area contributed by atoms with Crippen molar-refractivity contribution in [3.63, 3.8) is 0 Å². The molecule has 0 aromatic carbocycles. The molecule has 6 nitrogen and oxygen atoms in total. The third-order valence-electron chi connectivity index (χ3n) is 4.27. The Morgan fingerprint density at radius 3 is 2.54 bits per heavy atom. The summed E-state index contributed by atoms with van der Waals surface area (Å²) in [6, 6.07) is 2.31. The van der Waals surface area contributed by atoms with Crippen LogP contribution < -0.4 is 5.32 Å². The van der Waals surface area contributed by atoms with E-state index in [0.717, 1.165) is 0 Å². The standard InChI is InChI=1S/C17H24F3N3O3/c1-12(2)14(21-15(24)13-5-3-10-26-13)16(25)23-7-4-6-22(8-9-23)11-17(18,19)20/h3,5,10,12,14H,4,6-9,11H2,1-2H3,(H,21,24). The van der Waals surface area contributed by atoms with E-state index >= 15 is 0 Å². The molecule has 1 aromatic heterocycles. The number of halogens is 3. The molecule has 0 radical (unpaired) electrons. The minimum absolute atomic E-state index is 0.107. The molecule has 1 aliphatic rings. The summed E-state index contributed by atoms with van der Waals surface area (Å²) in [5.41, 5.74) is 0. The highest BCUT2D eigenvalue weighted by molar-refractivity contribution is 5.95. The van der Waals surface area contributed by atoms with Crippen molar-refractivity contribution in [1.29, 1.82) is 0 Å². The van der Waals surface area contributed by atoms with Gasteiger partial charge in [0.25, 0.3) is 5.91 Å². The number of nitrogens with one attached hydrogen (secondary N) is 1. The van der Waals surface area contributed by atoms with Crippen molar-refractivity contribution >= 4 is 11.8 Å². The average Bonchev–Trinajstić information content (AvgIpc) is 2.98. The van der Waals surface area contributed by atoms with E-state index in [9.17, 15) is 22.8 Å². The van der Waals surface area contributed by atoms with E-state index in [4.69, 9.17) is 4.42 Å². The fourth-order valence-electron chi connectivity index (χ4n) is 2.93. The van der Waals surface area contributed by atoms with Crippen LogP contribution in [0, 0.1) is 5.92 Å². The van der Waals surface area contributed by atoms with Crippen LogP contribution in [-0.2, 0) is 4.79 Å². The molecule has 2 heterocycles. The quantitative estimate of drug-likeness (QED) is 0.856. The Hall–Kier alpha value is -2.03. The van der Waals surface area contributed by atoms with Gasteiger partial charge < -0.3 is 14.6 Å². The average molecular weight is 375 g/mol. The fourth-order valence-corrected chi connectivity index (χ4v) is 2.93. The van der Waals surface area contributed by atoms with Crippen molar-refractivity contribution in [3.05, 3.63) is 24.2 Å². The molecule has 1 fully saturated rings. The summed E-state index contributed by atoms with van der Waals surface area (Å²) < 4.78 is 42.7. The van der Waals surface area contributed by atoms with Gasteiger partial charge >= 0.3 is 6.18 Å². The number of rotatable bonds is 5. The minimum Gasteiger partial charge on any atom is -0.459 e. The third kappa shape index (κ3) is 5.76. The Labute approximate surface area is 150 Å². The molecule has 0 bridgehead atoms. The highest BCUT2D eigenvalue weighted by atomic mass is 19.4. The lowest BCUT2D eigenvalue weighted by molar-refractivity contribution is -0.145. The summed E-state index contributed by atoms with van der Waals surface area (Å²) in [5.74, 6) is -0.837. The van der Waals surface area contributed by atoms with Gasteiger partial charge in [0, 0.05) is 26.2 Å². The number of carbonyl (C=O) groups is 2. The maximum absolute atomic E-state index is 12.8. The number of alkyl halides is 3. The molecule has 26 heavy (non-hydrogen) atoms. The minimum atomic E-state index is -4.25. The molecule has 9 heteroatoms. The summed E-state index contributed by atoms with van der Waals surface area (Å²) in [7, 11) is 0. The van der Waals surface area contributed by atoms with Gasteiger partial charge in [-0.25, -0.2) is 0 Å². The zero-order valence-electron chi connectivity index (χ0n) is 14.9. The summed E-state index contributed by atoms with van der Waals surface area (Å²) in [4.78, 5) is 27.8. The van der Waals surface area contributed by atoms with Crippen LogP contribution in [0.5, 0.6) is 0 Å². The molecule has 1 aromatic rings. The van der Waals surface area contributed by atoms with Crippen molar-refractivity contribution in [1.82, 2.24) is 15.1 Å². The second-order valence-corrected chi connectivity index (χ2v) is 6.74. The number of hydrogen-bond donors (Lipinski definition) is 1.